The minimum absolute atomic E-state index is 0.0132. The summed E-state index contributed by atoms with van der Waals surface area (Å²) in [5.41, 5.74) is 4.61. The van der Waals surface area contributed by atoms with E-state index in [9.17, 15) is 36.6 Å². The molecule has 4 rings (SSSR count). The van der Waals surface area contributed by atoms with Crippen molar-refractivity contribution in [1.29, 1.82) is 0 Å². The lowest BCUT2D eigenvalue weighted by Gasteiger charge is -2.27. The predicted molar refractivity (Wildman–Crippen MR) is 213 cm³/mol. The minimum atomic E-state index is -4.23. The number of hydrogen-bond donors (Lipinski definition) is 3. The predicted octanol–water partition coefficient (Wildman–Crippen LogP) is 4.36. The molecule has 0 atom stereocenters. The smallest absolute Gasteiger partial charge is 0.318 e. The highest BCUT2D eigenvalue weighted by Crippen LogP contribution is 2.33. The van der Waals surface area contributed by atoms with E-state index in [2.05, 4.69) is 10.3 Å². The van der Waals surface area contributed by atoms with Crippen LogP contribution in [0.1, 0.15) is 32.6 Å². The molecule has 3 N–H and O–H groups in total. The molecule has 0 radical (unpaired) electrons. The van der Waals surface area contributed by atoms with Gasteiger partial charge in [-0.05, 0) is 63.2 Å². The molecule has 4 aromatic carbocycles. The summed E-state index contributed by atoms with van der Waals surface area (Å²) in [5.74, 6) is -2.55. The third-order valence-electron chi connectivity index (χ3n) is 9.35. The number of carboxylic acids is 2. The Morgan fingerprint density at radius 1 is 0.593 bits per heavy atom. The molecule has 0 fully saturated rings. The molecule has 0 heterocycles. The molecule has 0 unspecified atom stereocenters. The van der Waals surface area contributed by atoms with Gasteiger partial charge in [0.2, 0.25) is 20.0 Å². The molecule has 0 aliphatic heterocycles. The molecule has 54 heavy (non-hydrogen) atoms. The van der Waals surface area contributed by atoms with Crippen molar-refractivity contribution in [2.24, 2.45) is 0 Å². The number of unbranched alkanes of at least 4 members (excludes halogenated alkanes) is 1. The Bertz CT molecular complexity index is 2150. The molecule has 16 heteroatoms. The molecule has 0 saturated carbocycles. The Kier molecular flexibility index (Phi) is 14.8. The van der Waals surface area contributed by atoms with Gasteiger partial charge < -0.3 is 25.0 Å². The van der Waals surface area contributed by atoms with Crippen molar-refractivity contribution < 1.29 is 36.6 Å². The molecule has 14 nitrogen and oxygen atoms in total. The van der Waals surface area contributed by atoms with Crippen molar-refractivity contribution in [1.82, 2.24) is 18.9 Å². The van der Waals surface area contributed by atoms with Crippen LogP contribution in [0.25, 0.3) is 21.5 Å². The fourth-order valence-electron chi connectivity index (χ4n) is 6.59. The minimum Gasteiger partial charge on any atom is -0.480 e. The van der Waals surface area contributed by atoms with E-state index in [0.717, 1.165) is 38.2 Å². The van der Waals surface area contributed by atoms with Gasteiger partial charge in [-0.25, -0.2) is 22.3 Å². The lowest BCUT2D eigenvalue weighted by atomic mass is 10.1. The molecular weight excluding hydrogens is 733 g/mol. The summed E-state index contributed by atoms with van der Waals surface area (Å²) in [5, 5.41) is 23.6. The van der Waals surface area contributed by atoms with Crippen LogP contribution in [0.2, 0.25) is 0 Å². The lowest BCUT2D eigenvalue weighted by Crippen LogP contribution is -2.39. The number of anilines is 2. The number of benzene rings is 4. The van der Waals surface area contributed by atoms with Crippen molar-refractivity contribution >= 4 is 64.9 Å². The van der Waals surface area contributed by atoms with Crippen molar-refractivity contribution in [2.75, 3.05) is 83.9 Å². The molecule has 294 valence electrons. The summed E-state index contributed by atoms with van der Waals surface area (Å²) in [6, 6.07) is 20.6. The van der Waals surface area contributed by atoms with Crippen LogP contribution in [-0.2, 0) is 29.6 Å². The fraction of sp³-hybridized carbons (Fsp3) is 0.421. The van der Waals surface area contributed by atoms with Gasteiger partial charge in [-0.15, -0.1) is 0 Å². The van der Waals surface area contributed by atoms with Crippen molar-refractivity contribution in [3.8, 4) is 0 Å². The van der Waals surface area contributed by atoms with Gasteiger partial charge in [-0.1, -0.05) is 61.9 Å². The van der Waals surface area contributed by atoms with Crippen LogP contribution in [0.15, 0.2) is 82.6 Å². The summed E-state index contributed by atoms with van der Waals surface area (Å²) < 4.78 is 58.2. The quantitative estimate of drug-likeness (QED) is 0.0964. The van der Waals surface area contributed by atoms with Gasteiger partial charge in [0.05, 0.1) is 15.5 Å². The maximum Gasteiger partial charge on any atom is 0.318 e. The summed E-state index contributed by atoms with van der Waals surface area (Å²) in [4.78, 5) is 27.8. The number of hydrogen-bond acceptors (Lipinski definition) is 10. The van der Waals surface area contributed by atoms with Crippen LogP contribution in [0, 0.1) is 0 Å². The lowest BCUT2D eigenvalue weighted by molar-refractivity contribution is -0.138. The largest absolute Gasteiger partial charge is 0.480 e. The molecule has 0 aliphatic rings. The number of sulfonamides is 2. The fourth-order valence-corrected chi connectivity index (χ4v) is 9.86. The number of nitrogens with one attached hydrogen (secondary N) is 1. The standard InChI is InChI=1S/C38H52N6O8S2/c1-6-7-22-42(23-12-25-43(27-37(45)46)53(49,50)35-20-10-14-29-31(35)16-8-18-33(29)40(3)4)24-13-26-44(28-38(47)48)54(51,52)36-21-11-15-30-32(36)17-9-19-34(30)41(5)39-2/h8-11,14-21,39H,6-7,12-13,22-28H2,1-5H3,(H,45,46)(H,47,48). The number of aliphatic carboxylic acids is 2. The molecule has 0 amide bonds. The molecular formula is C38H52N6O8S2. The Balaban J connectivity index is 1.51. The normalized spacial score (nSPS) is 12.3. The highest BCUT2D eigenvalue weighted by Gasteiger charge is 2.30. The first-order valence-corrected chi connectivity index (χ1v) is 20.8. The molecule has 0 aliphatic carbocycles. The number of fused-ring (bicyclic) bond motifs is 2. The molecule has 0 aromatic heterocycles. The van der Waals surface area contributed by atoms with E-state index in [-0.39, 0.29) is 22.9 Å². The van der Waals surface area contributed by atoms with E-state index in [4.69, 9.17) is 0 Å². The first-order chi connectivity index (χ1) is 25.6. The van der Waals surface area contributed by atoms with Gasteiger partial charge in [0.15, 0.2) is 0 Å². The highest BCUT2D eigenvalue weighted by atomic mass is 32.2. The average Bonchev–Trinajstić information content (AvgIpc) is 3.13. The van der Waals surface area contributed by atoms with Gasteiger partial charge in [-0.3, -0.25) is 9.59 Å². The number of nitrogens with zero attached hydrogens (tertiary/aromatic N) is 5. The van der Waals surface area contributed by atoms with Crippen LogP contribution in [0.3, 0.4) is 0 Å². The van der Waals surface area contributed by atoms with Gasteiger partial charge in [0.1, 0.15) is 13.1 Å². The van der Waals surface area contributed by atoms with Crippen molar-refractivity contribution in [2.45, 2.75) is 42.4 Å². The Morgan fingerprint density at radius 3 is 1.43 bits per heavy atom. The second-order valence-corrected chi connectivity index (χ2v) is 17.1. The van der Waals surface area contributed by atoms with Crippen LogP contribution in [0.4, 0.5) is 11.4 Å². The molecule has 0 spiro atoms. The van der Waals surface area contributed by atoms with Gasteiger partial charge in [0, 0.05) is 68.5 Å². The number of hydrazine groups is 1. The zero-order chi connectivity index (χ0) is 39.6. The molecule has 4 aromatic rings. The molecule has 0 bridgehead atoms. The Labute approximate surface area is 318 Å². The third-order valence-corrected chi connectivity index (χ3v) is 13.2. The van der Waals surface area contributed by atoms with Crippen LogP contribution in [-0.4, -0.2) is 127 Å². The first-order valence-electron chi connectivity index (χ1n) is 17.9. The van der Waals surface area contributed by atoms with Crippen LogP contribution in [0.5, 0.6) is 0 Å². The average molecular weight is 785 g/mol. The zero-order valence-electron chi connectivity index (χ0n) is 31.6. The monoisotopic (exact) mass is 784 g/mol. The zero-order valence-corrected chi connectivity index (χ0v) is 33.2. The van der Waals surface area contributed by atoms with Gasteiger partial charge in [0.25, 0.3) is 0 Å². The summed E-state index contributed by atoms with van der Waals surface area (Å²) in [6.45, 7) is 2.00. The van der Waals surface area contributed by atoms with E-state index in [1.807, 2.05) is 57.2 Å². The molecule has 0 saturated heterocycles. The summed E-state index contributed by atoms with van der Waals surface area (Å²) >= 11 is 0. The Hall–Kier alpha value is -4.32. The van der Waals surface area contributed by atoms with Crippen molar-refractivity contribution in [3.63, 3.8) is 0 Å². The Morgan fingerprint density at radius 2 is 1.00 bits per heavy atom. The van der Waals surface area contributed by atoms with Crippen LogP contribution >= 0.6 is 0 Å². The van der Waals surface area contributed by atoms with Crippen LogP contribution < -0.4 is 15.3 Å². The number of carboxylic acid groups (broad SMARTS) is 2. The van der Waals surface area contributed by atoms with Gasteiger partial charge in [-0.2, -0.15) is 8.61 Å². The van der Waals surface area contributed by atoms with E-state index >= 15 is 0 Å². The number of rotatable bonds is 22. The van der Waals surface area contributed by atoms with Crippen molar-refractivity contribution in [3.05, 3.63) is 72.8 Å². The maximum absolute atomic E-state index is 14.1. The topological polar surface area (TPSA) is 171 Å². The van der Waals surface area contributed by atoms with E-state index < -0.39 is 45.1 Å². The first kappa shape index (κ1) is 42.4. The second kappa shape index (κ2) is 18.8. The second-order valence-electron chi connectivity index (χ2n) is 13.3. The van der Waals surface area contributed by atoms with E-state index in [1.165, 1.54) is 12.1 Å². The van der Waals surface area contributed by atoms with Gasteiger partial charge >= 0.3 is 11.9 Å². The van der Waals surface area contributed by atoms with E-state index in [1.54, 1.807) is 48.5 Å². The summed E-state index contributed by atoms with van der Waals surface area (Å²) in [6.07, 6.45) is 2.35. The third kappa shape index (κ3) is 10.0. The maximum atomic E-state index is 14.1. The van der Waals surface area contributed by atoms with E-state index in [0.29, 0.717) is 48.6 Å². The SMILES string of the molecule is CCCCN(CCCN(CC(=O)O)S(=O)(=O)c1cccc2c(N(C)C)cccc12)CCCN(CC(=O)O)S(=O)(=O)c1cccc2c(N(C)NC)cccc12. The number of carbonyl (C=O) groups is 2. The summed E-state index contributed by atoms with van der Waals surface area (Å²) in [7, 11) is -1.15. The highest BCUT2D eigenvalue weighted by molar-refractivity contribution is 7.89.